The molecule has 0 aliphatic carbocycles. The molecule has 0 heterocycles. The summed E-state index contributed by atoms with van der Waals surface area (Å²) < 4.78 is 23.1. The first-order valence-corrected chi connectivity index (χ1v) is 4.59. The van der Waals surface area contributed by atoms with Gasteiger partial charge < -0.3 is 9.47 Å². The number of rotatable bonds is 4. The van der Waals surface area contributed by atoms with Crippen LogP contribution in [-0.4, -0.2) is 6.10 Å². The van der Waals surface area contributed by atoms with Crippen molar-refractivity contribution in [3.8, 4) is 12.0 Å². The first kappa shape index (κ1) is 11.3. The predicted molar refractivity (Wildman–Crippen MR) is 52.6 cm³/mol. The third-order valence-corrected chi connectivity index (χ3v) is 1.69. The lowest BCUT2D eigenvalue weighted by molar-refractivity contribution is 0.238. The van der Waals surface area contributed by atoms with Gasteiger partial charge in [-0.3, -0.25) is 0 Å². The van der Waals surface area contributed by atoms with Crippen molar-refractivity contribution in [1.29, 1.82) is 5.26 Å². The number of ether oxygens (including phenoxy) is 2. The lowest BCUT2D eigenvalue weighted by atomic mass is 10.2. The van der Waals surface area contributed by atoms with Crippen molar-refractivity contribution < 1.29 is 13.9 Å². The molecule has 0 atom stereocenters. The van der Waals surface area contributed by atoms with Crippen LogP contribution in [0.15, 0.2) is 18.2 Å². The van der Waals surface area contributed by atoms with Gasteiger partial charge in [0, 0.05) is 11.6 Å². The van der Waals surface area contributed by atoms with E-state index >= 15 is 0 Å². The van der Waals surface area contributed by atoms with Crippen LogP contribution < -0.4 is 4.74 Å². The minimum Gasteiger partial charge on any atom is -0.491 e. The Morgan fingerprint density at radius 3 is 2.73 bits per heavy atom. The summed E-state index contributed by atoms with van der Waals surface area (Å²) in [5.41, 5.74) is 0.340. The largest absolute Gasteiger partial charge is 0.491 e. The van der Waals surface area contributed by atoms with E-state index < -0.39 is 5.82 Å². The van der Waals surface area contributed by atoms with Gasteiger partial charge in [-0.2, -0.15) is 5.26 Å². The van der Waals surface area contributed by atoms with Crippen LogP contribution >= 0.6 is 0 Å². The molecule has 4 heteroatoms. The summed E-state index contributed by atoms with van der Waals surface area (Å²) in [5.74, 6) is 0.0478. The van der Waals surface area contributed by atoms with E-state index in [1.807, 2.05) is 13.8 Å². The molecular weight excluding hydrogens is 197 g/mol. The fourth-order valence-electron chi connectivity index (χ4n) is 1.10. The molecule has 0 aliphatic heterocycles. The molecule has 0 saturated heterocycles. The molecule has 0 aromatic heterocycles. The highest BCUT2D eigenvalue weighted by Gasteiger charge is 2.05. The second-order valence-corrected chi connectivity index (χ2v) is 3.30. The van der Waals surface area contributed by atoms with E-state index in [2.05, 4.69) is 4.74 Å². The highest BCUT2D eigenvalue weighted by molar-refractivity contribution is 5.28. The van der Waals surface area contributed by atoms with Crippen LogP contribution in [0.2, 0.25) is 0 Å². The van der Waals surface area contributed by atoms with Crippen molar-refractivity contribution in [2.24, 2.45) is 0 Å². The lowest BCUT2D eigenvalue weighted by Crippen LogP contribution is -2.06. The molecule has 0 fully saturated rings. The second kappa shape index (κ2) is 5.20. The molecule has 0 unspecified atom stereocenters. The Bertz CT molecular complexity index is 371. The van der Waals surface area contributed by atoms with Crippen molar-refractivity contribution in [3.63, 3.8) is 0 Å². The van der Waals surface area contributed by atoms with Crippen LogP contribution in [-0.2, 0) is 11.3 Å². The van der Waals surface area contributed by atoms with Crippen molar-refractivity contribution in [2.45, 2.75) is 26.6 Å². The molecule has 0 N–H and O–H groups in total. The molecule has 15 heavy (non-hydrogen) atoms. The monoisotopic (exact) mass is 209 g/mol. The van der Waals surface area contributed by atoms with E-state index in [4.69, 9.17) is 10.00 Å². The summed E-state index contributed by atoms with van der Waals surface area (Å²) in [5, 5.41) is 8.17. The number of nitriles is 1. The van der Waals surface area contributed by atoms with Crippen LogP contribution in [0, 0.1) is 17.3 Å². The normalized spacial score (nSPS) is 9.80. The van der Waals surface area contributed by atoms with Gasteiger partial charge in [-0.15, -0.1) is 0 Å². The Morgan fingerprint density at radius 2 is 2.20 bits per heavy atom. The molecule has 80 valence electrons. The van der Waals surface area contributed by atoms with E-state index in [1.165, 1.54) is 12.3 Å². The van der Waals surface area contributed by atoms with Crippen molar-refractivity contribution in [1.82, 2.24) is 0 Å². The second-order valence-electron chi connectivity index (χ2n) is 3.30. The van der Waals surface area contributed by atoms with Gasteiger partial charge in [0.2, 0.25) is 0 Å². The summed E-state index contributed by atoms with van der Waals surface area (Å²) in [6.45, 7) is 3.68. The van der Waals surface area contributed by atoms with Crippen molar-refractivity contribution in [3.05, 3.63) is 29.6 Å². The average Bonchev–Trinajstić information content (AvgIpc) is 2.15. The summed E-state index contributed by atoms with van der Waals surface area (Å²) in [6.07, 6.45) is 1.50. The third-order valence-electron chi connectivity index (χ3n) is 1.69. The molecule has 0 saturated carbocycles. The smallest absolute Gasteiger partial charge is 0.286 e. The topological polar surface area (TPSA) is 42.2 Å². The third kappa shape index (κ3) is 3.47. The Hall–Kier alpha value is -1.76. The molecule has 1 aromatic carbocycles. The molecule has 0 bridgehead atoms. The van der Waals surface area contributed by atoms with Crippen LogP contribution in [0.25, 0.3) is 0 Å². The molecule has 0 aliphatic rings. The zero-order valence-corrected chi connectivity index (χ0v) is 8.66. The van der Waals surface area contributed by atoms with E-state index in [9.17, 15) is 4.39 Å². The van der Waals surface area contributed by atoms with E-state index in [-0.39, 0.29) is 12.7 Å². The zero-order valence-electron chi connectivity index (χ0n) is 8.66. The number of benzene rings is 1. The van der Waals surface area contributed by atoms with Crippen molar-refractivity contribution in [2.75, 3.05) is 0 Å². The molecule has 1 rings (SSSR count). The average molecular weight is 209 g/mol. The minimum atomic E-state index is -0.427. The molecule has 0 amide bonds. The number of hydrogen-bond acceptors (Lipinski definition) is 3. The van der Waals surface area contributed by atoms with Gasteiger partial charge in [-0.25, -0.2) is 4.39 Å². The van der Waals surface area contributed by atoms with Gasteiger partial charge in [0.1, 0.15) is 18.2 Å². The molecule has 3 nitrogen and oxygen atoms in total. The molecular formula is C11H12FNO2. The van der Waals surface area contributed by atoms with Gasteiger partial charge in [0.15, 0.2) is 0 Å². The summed E-state index contributed by atoms with van der Waals surface area (Å²) in [6, 6.07) is 4.49. The fourth-order valence-corrected chi connectivity index (χ4v) is 1.10. The Kier molecular flexibility index (Phi) is 3.92. The van der Waals surface area contributed by atoms with Gasteiger partial charge in [0.25, 0.3) is 6.26 Å². The highest BCUT2D eigenvalue weighted by atomic mass is 19.1. The Labute approximate surface area is 88.0 Å². The van der Waals surface area contributed by atoms with Crippen LogP contribution in [0.1, 0.15) is 19.4 Å². The van der Waals surface area contributed by atoms with Gasteiger partial charge in [-0.1, -0.05) is 0 Å². The first-order valence-electron chi connectivity index (χ1n) is 4.59. The van der Waals surface area contributed by atoms with E-state index in [0.29, 0.717) is 11.3 Å². The predicted octanol–water partition coefficient (Wildman–Crippen LogP) is 2.61. The summed E-state index contributed by atoms with van der Waals surface area (Å²) in [7, 11) is 0. The molecule has 0 spiro atoms. The maximum absolute atomic E-state index is 13.4. The van der Waals surface area contributed by atoms with Gasteiger partial charge in [-0.05, 0) is 26.0 Å². The minimum absolute atomic E-state index is 0.00519. The van der Waals surface area contributed by atoms with Crippen LogP contribution in [0.3, 0.4) is 0 Å². The summed E-state index contributed by atoms with van der Waals surface area (Å²) in [4.78, 5) is 0. The van der Waals surface area contributed by atoms with E-state index in [0.717, 1.165) is 0 Å². The zero-order chi connectivity index (χ0) is 11.3. The quantitative estimate of drug-likeness (QED) is 0.716. The number of nitrogens with zero attached hydrogens (tertiary/aromatic N) is 1. The Morgan fingerprint density at radius 1 is 1.47 bits per heavy atom. The lowest BCUT2D eigenvalue weighted by Gasteiger charge is -2.10. The molecule has 0 radical (unpaired) electrons. The van der Waals surface area contributed by atoms with Crippen LogP contribution in [0.4, 0.5) is 4.39 Å². The maximum Gasteiger partial charge on any atom is 0.286 e. The SMILES string of the molecule is CC(C)Oc1ccc(COC#N)c(F)c1. The number of hydrogen-bond donors (Lipinski definition) is 0. The highest BCUT2D eigenvalue weighted by Crippen LogP contribution is 2.18. The van der Waals surface area contributed by atoms with Crippen LogP contribution in [0.5, 0.6) is 5.75 Å². The number of halogens is 1. The fraction of sp³-hybridized carbons (Fsp3) is 0.364. The van der Waals surface area contributed by atoms with Gasteiger partial charge >= 0.3 is 0 Å². The van der Waals surface area contributed by atoms with E-state index in [1.54, 1.807) is 12.1 Å². The van der Waals surface area contributed by atoms with Crippen molar-refractivity contribution >= 4 is 0 Å². The van der Waals surface area contributed by atoms with Gasteiger partial charge in [0.05, 0.1) is 6.10 Å². The summed E-state index contributed by atoms with van der Waals surface area (Å²) >= 11 is 0. The maximum atomic E-state index is 13.4. The molecule has 1 aromatic rings. The Balaban J connectivity index is 2.75. The first-order chi connectivity index (χ1) is 7.13. The standard InChI is InChI=1S/C11H12FNO2/c1-8(2)15-10-4-3-9(6-14-7-13)11(12)5-10/h3-5,8H,6H2,1-2H3.